The lowest BCUT2D eigenvalue weighted by molar-refractivity contribution is 0.0953. The molecule has 0 fully saturated rings. The lowest BCUT2D eigenvalue weighted by Crippen LogP contribution is -2.26. The number of carbonyl (C=O) groups excluding carboxylic acids is 1. The SMILES string of the molecule is CCc1cc(C(=O)NCCCSC)cc(=O)[nH]1. The lowest BCUT2D eigenvalue weighted by Gasteiger charge is -2.05. The van der Waals surface area contributed by atoms with Crippen LogP contribution in [0.3, 0.4) is 0 Å². The van der Waals surface area contributed by atoms with Crippen LogP contribution in [0.1, 0.15) is 29.4 Å². The first kappa shape index (κ1) is 13.8. The number of amides is 1. The Kier molecular flexibility index (Phi) is 5.83. The van der Waals surface area contributed by atoms with E-state index in [1.807, 2.05) is 13.2 Å². The topological polar surface area (TPSA) is 62.0 Å². The van der Waals surface area contributed by atoms with E-state index in [4.69, 9.17) is 0 Å². The molecule has 17 heavy (non-hydrogen) atoms. The van der Waals surface area contributed by atoms with Gasteiger partial charge in [0.2, 0.25) is 5.56 Å². The molecule has 1 aromatic rings. The summed E-state index contributed by atoms with van der Waals surface area (Å²) in [6.45, 7) is 2.58. The summed E-state index contributed by atoms with van der Waals surface area (Å²) < 4.78 is 0. The van der Waals surface area contributed by atoms with Crippen LogP contribution in [0, 0.1) is 0 Å². The predicted molar refractivity (Wildman–Crippen MR) is 71.8 cm³/mol. The summed E-state index contributed by atoms with van der Waals surface area (Å²) in [5.41, 5.74) is 1.00. The third-order valence-electron chi connectivity index (χ3n) is 2.35. The van der Waals surface area contributed by atoms with Crippen molar-refractivity contribution >= 4 is 17.7 Å². The Morgan fingerprint density at radius 2 is 2.24 bits per heavy atom. The summed E-state index contributed by atoms with van der Waals surface area (Å²) in [5, 5.41) is 2.81. The molecule has 0 bridgehead atoms. The van der Waals surface area contributed by atoms with Gasteiger partial charge in [-0.2, -0.15) is 11.8 Å². The summed E-state index contributed by atoms with van der Waals surface area (Å²) in [4.78, 5) is 25.8. The molecule has 1 amide bonds. The number of pyridine rings is 1. The second kappa shape index (κ2) is 7.17. The zero-order valence-electron chi connectivity index (χ0n) is 10.2. The second-order valence-corrected chi connectivity index (χ2v) is 4.70. The summed E-state index contributed by atoms with van der Waals surface area (Å²) in [7, 11) is 0. The Morgan fingerprint density at radius 1 is 1.47 bits per heavy atom. The number of aryl methyl sites for hydroxylation is 1. The van der Waals surface area contributed by atoms with E-state index < -0.39 is 0 Å². The van der Waals surface area contributed by atoms with Gasteiger partial charge in [-0.15, -0.1) is 0 Å². The van der Waals surface area contributed by atoms with Crippen molar-refractivity contribution in [1.82, 2.24) is 10.3 Å². The third kappa shape index (κ3) is 4.65. The van der Waals surface area contributed by atoms with Crippen LogP contribution in [-0.4, -0.2) is 29.4 Å². The normalized spacial score (nSPS) is 10.2. The lowest BCUT2D eigenvalue weighted by atomic mass is 10.2. The van der Waals surface area contributed by atoms with E-state index >= 15 is 0 Å². The molecule has 2 N–H and O–H groups in total. The maximum Gasteiger partial charge on any atom is 0.251 e. The molecular weight excluding hydrogens is 236 g/mol. The van der Waals surface area contributed by atoms with Gasteiger partial charge in [0.1, 0.15) is 0 Å². The molecule has 0 saturated heterocycles. The fourth-order valence-electron chi connectivity index (χ4n) is 1.44. The average molecular weight is 254 g/mol. The van der Waals surface area contributed by atoms with Crippen LogP contribution in [0.15, 0.2) is 16.9 Å². The van der Waals surface area contributed by atoms with Crippen molar-refractivity contribution in [2.24, 2.45) is 0 Å². The van der Waals surface area contributed by atoms with Crippen molar-refractivity contribution in [1.29, 1.82) is 0 Å². The maximum absolute atomic E-state index is 11.8. The summed E-state index contributed by atoms with van der Waals surface area (Å²) in [6, 6.07) is 3.06. The number of rotatable bonds is 6. The van der Waals surface area contributed by atoms with Gasteiger partial charge in [-0.3, -0.25) is 9.59 Å². The van der Waals surface area contributed by atoms with Gasteiger partial charge in [0.15, 0.2) is 0 Å². The van der Waals surface area contributed by atoms with E-state index in [1.54, 1.807) is 17.8 Å². The molecule has 0 radical (unpaired) electrons. The molecule has 1 rings (SSSR count). The minimum Gasteiger partial charge on any atom is -0.352 e. The van der Waals surface area contributed by atoms with Crippen LogP contribution in [0.25, 0.3) is 0 Å². The van der Waals surface area contributed by atoms with Crippen molar-refractivity contribution in [2.45, 2.75) is 19.8 Å². The smallest absolute Gasteiger partial charge is 0.251 e. The molecule has 0 aromatic carbocycles. The van der Waals surface area contributed by atoms with E-state index in [2.05, 4.69) is 10.3 Å². The van der Waals surface area contributed by atoms with E-state index in [0.717, 1.165) is 17.9 Å². The highest BCUT2D eigenvalue weighted by Gasteiger charge is 2.06. The molecule has 0 aliphatic carbocycles. The minimum atomic E-state index is -0.224. The number of nitrogens with one attached hydrogen (secondary N) is 2. The zero-order chi connectivity index (χ0) is 12.7. The molecule has 0 unspecified atom stereocenters. The van der Waals surface area contributed by atoms with Gasteiger partial charge < -0.3 is 10.3 Å². The quantitative estimate of drug-likeness (QED) is 0.755. The Bertz CT molecular complexity index is 429. The number of carbonyl (C=O) groups is 1. The first-order valence-corrected chi connectivity index (χ1v) is 7.07. The van der Waals surface area contributed by atoms with Crippen molar-refractivity contribution in [3.05, 3.63) is 33.7 Å². The Morgan fingerprint density at radius 3 is 2.88 bits per heavy atom. The molecule has 0 atom stereocenters. The minimum absolute atomic E-state index is 0.174. The van der Waals surface area contributed by atoms with Gasteiger partial charge in [0.05, 0.1) is 0 Å². The Labute approximate surface area is 105 Å². The predicted octanol–water partition coefficient (Wildman–Crippen LogP) is 1.42. The van der Waals surface area contributed by atoms with Gasteiger partial charge in [-0.25, -0.2) is 0 Å². The number of aromatic nitrogens is 1. The van der Waals surface area contributed by atoms with E-state index in [9.17, 15) is 9.59 Å². The van der Waals surface area contributed by atoms with Crippen LogP contribution in [0.4, 0.5) is 0 Å². The summed E-state index contributed by atoms with van der Waals surface area (Å²) in [5.74, 6) is 0.850. The van der Waals surface area contributed by atoms with Crippen LogP contribution >= 0.6 is 11.8 Å². The average Bonchev–Trinajstić information content (AvgIpc) is 2.33. The van der Waals surface area contributed by atoms with Crippen molar-refractivity contribution in [2.75, 3.05) is 18.6 Å². The van der Waals surface area contributed by atoms with Crippen LogP contribution < -0.4 is 10.9 Å². The summed E-state index contributed by atoms with van der Waals surface area (Å²) >= 11 is 1.75. The Hall–Kier alpha value is -1.23. The van der Waals surface area contributed by atoms with E-state index in [1.165, 1.54) is 6.07 Å². The molecular formula is C12H18N2O2S. The van der Waals surface area contributed by atoms with Crippen molar-refractivity contribution < 1.29 is 4.79 Å². The monoisotopic (exact) mass is 254 g/mol. The van der Waals surface area contributed by atoms with Crippen LogP contribution in [0.2, 0.25) is 0 Å². The zero-order valence-corrected chi connectivity index (χ0v) is 11.0. The van der Waals surface area contributed by atoms with Crippen molar-refractivity contribution in [3.63, 3.8) is 0 Å². The van der Waals surface area contributed by atoms with E-state index in [-0.39, 0.29) is 11.5 Å². The first-order valence-electron chi connectivity index (χ1n) is 5.67. The Balaban J connectivity index is 2.62. The van der Waals surface area contributed by atoms with Gasteiger partial charge in [0, 0.05) is 23.9 Å². The van der Waals surface area contributed by atoms with Gasteiger partial charge >= 0.3 is 0 Å². The van der Waals surface area contributed by atoms with E-state index in [0.29, 0.717) is 18.5 Å². The molecule has 94 valence electrons. The fraction of sp³-hybridized carbons (Fsp3) is 0.500. The molecule has 0 aliphatic rings. The molecule has 0 spiro atoms. The number of aromatic amines is 1. The fourth-order valence-corrected chi connectivity index (χ4v) is 1.88. The highest BCUT2D eigenvalue weighted by atomic mass is 32.2. The highest BCUT2D eigenvalue weighted by molar-refractivity contribution is 7.98. The molecule has 4 nitrogen and oxygen atoms in total. The summed E-state index contributed by atoms with van der Waals surface area (Å²) in [6.07, 6.45) is 3.69. The van der Waals surface area contributed by atoms with Gasteiger partial charge in [0.25, 0.3) is 5.91 Å². The molecule has 5 heteroatoms. The van der Waals surface area contributed by atoms with Crippen LogP contribution in [-0.2, 0) is 6.42 Å². The standard InChI is InChI=1S/C12H18N2O2S/c1-3-10-7-9(8-11(15)14-10)12(16)13-5-4-6-17-2/h7-8H,3-6H2,1-2H3,(H,13,16)(H,14,15). The number of H-pyrrole nitrogens is 1. The van der Waals surface area contributed by atoms with Crippen molar-refractivity contribution in [3.8, 4) is 0 Å². The first-order chi connectivity index (χ1) is 8.17. The molecule has 1 aromatic heterocycles. The highest BCUT2D eigenvalue weighted by Crippen LogP contribution is 2.00. The molecule has 1 heterocycles. The van der Waals surface area contributed by atoms with Crippen LogP contribution in [0.5, 0.6) is 0 Å². The van der Waals surface area contributed by atoms with Gasteiger partial charge in [-0.05, 0) is 30.9 Å². The second-order valence-electron chi connectivity index (χ2n) is 3.71. The molecule has 0 saturated carbocycles. The largest absolute Gasteiger partial charge is 0.352 e. The third-order valence-corrected chi connectivity index (χ3v) is 3.05. The maximum atomic E-state index is 11.8. The molecule has 0 aliphatic heterocycles. The number of thioether (sulfide) groups is 1. The van der Waals surface area contributed by atoms with Gasteiger partial charge in [-0.1, -0.05) is 6.92 Å². The number of hydrogen-bond acceptors (Lipinski definition) is 3. The number of hydrogen-bond donors (Lipinski definition) is 2.